The normalized spacial score (nSPS) is 8.71. The summed E-state index contributed by atoms with van der Waals surface area (Å²) in [5, 5.41) is 8.15. The first kappa shape index (κ1) is 64.2. The lowest BCUT2D eigenvalue weighted by Gasteiger charge is -2.03. The fourth-order valence-electron chi connectivity index (χ4n) is 3.12. The lowest BCUT2D eigenvalue weighted by molar-refractivity contribution is -0.141. The van der Waals surface area contributed by atoms with Crippen LogP contribution in [-0.4, -0.2) is 79.0 Å². The summed E-state index contributed by atoms with van der Waals surface area (Å²) in [6.07, 6.45) is 10.2. The van der Waals surface area contributed by atoms with Crippen LogP contribution in [0.25, 0.3) is 0 Å². The quantitative estimate of drug-likeness (QED) is 0.134. The number of carbonyl (C=O) groups is 2. The molecule has 8 nitrogen and oxygen atoms in total. The zero-order chi connectivity index (χ0) is 39.3. The zero-order valence-corrected chi connectivity index (χ0v) is 34.5. The van der Waals surface area contributed by atoms with Crippen LogP contribution in [0.3, 0.4) is 0 Å². The average molecular weight is 743 g/mol. The molecule has 0 amide bonds. The minimum Gasteiger partial charge on any atom is -0.481 e. The molecule has 0 spiro atoms. The van der Waals surface area contributed by atoms with Crippen molar-refractivity contribution >= 4 is 11.9 Å². The Morgan fingerprint density at radius 2 is 0.923 bits per heavy atom. The minimum absolute atomic E-state index is 0. The summed E-state index contributed by atoms with van der Waals surface area (Å²) in [7, 11) is 8.15. The zero-order valence-electron chi connectivity index (χ0n) is 34.5. The molecule has 2 rings (SSSR count). The molecule has 0 fully saturated rings. The lowest BCUT2D eigenvalue weighted by atomic mass is 10.0. The molecule has 0 saturated carbocycles. The maximum atomic E-state index is 10.4. The first-order valence-electron chi connectivity index (χ1n) is 18.3. The molecule has 8 heteroatoms. The van der Waals surface area contributed by atoms with Crippen molar-refractivity contribution in [2.45, 2.75) is 141 Å². The van der Waals surface area contributed by atoms with Crippen molar-refractivity contribution in [3.05, 3.63) is 70.8 Å². The number of methoxy groups -OCH3 is 5. The van der Waals surface area contributed by atoms with Gasteiger partial charge in [0.15, 0.2) is 0 Å². The number of carbonyl (C=O) groups excluding carboxylic acids is 1. The van der Waals surface area contributed by atoms with E-state index in [1.54, 1.807) is 28.4 Å². The molecule has 0 aromatic heterocycles. The van der Waals surface area contributed by atoms with Gasteiger partial charge < -0.3 is 28.8 Å². The van der Waals surface area contributed by atoms with Gasteiger partial charge in [-0.1, -0.05) is 135 Å². The third-order valence-electron chi connectivity index (χ3n) is 6.00. The van der Waals surface area contributed by atoms with Crippen molar-refractivity contribution in [2.24, 2.45) is 0 Å². The van der Waals surface area contributed by atoms with Gasteiger partial charge in [-0.15, -0.1) is 0 Å². The fourth-order valence-corrected chi connectivity index (χ4v) is 3.12. The summed E-state index contributed by atoms with van der Waals surface area (Å²) in [6.45, 7) is 20.4. The molecule has 0 aliphatic heterocycles. The molecule has 0 unspecified atom stereocenters. The van der Waals surface area contributed by atoms with E-state index in [-0.39, 0.29) is 33.7 Å². The molecule has 0 atom stereocenters. The number of rotatable bonds is 16. The van der Waals surface area contributed by atoms with Gasteiger partial charge in [0, 0.05) is 67.7 Å². The largest absolute Gasteiger partial charge is 0.481 e. The molecule has 0 aliphatic rings. The van der Waals surface area contributed by atoms with Gasteiger partial charge in [-0.05, 0) is 64.0 Å². The van der Waals surface area contributed by atoms with Gasteiger partial charge in [-0.25, -0.2) is 0 Å². The van der Waals surface area contributed by atoms with E-state index in [9.17, 15) is 9.59 Å². The van der Waals surface area contributed by atoms with E-state index in [1.807, 2.05) is 6.92 Å². The Kier molecular flexibility index (Phi) is 71.1. The van der Waals surface area contributed by atoms with E-state index in [2.05, 4.69) is 106 Å². The van der Waals surface area contributed by atoms with Gasteiger partial charge in [0.25, 0.3) is 0 Å². The maximum absolute atomic E-state index is 10.4. The van der Waals surface area contributed by atoms with Crippen LogP contribution in [0, 0.1) is 13.8 Å². The van der Waals surface area contributed by atoms with Crippen LogP contribution in [0.1, 0.15) is 143 Å². The van der Waals surface area contributed by atoms with Crippen molar-refractivity contribution < 1.29 is 38.4 Å². The van der Waals surface area contributed by atoms with Crippen molar-refractivity contribution in [3.8, 4) is 0 Å². The Morgan fingerprint density at radius 3 is 1.17 bits per heavy atom. The summed E-state index contributed by atoms with van der Waals surface area (Å²) in [5.74, 6) is -1.25. The maximum Gasteiger partial charge on any atom is 0.305 e. The molecular weight excluding hydrogens is 656 g/mol. The third-order valence-corrected chi connectivity index (χ3v) is 6.00. The van der Waals surface area contributed by atoms with E-state index in [0.29, 0.717) is 6.42 Å². The van der Waals surface area contributed by atoms with Gasteiger partial charge in [0.2, 0.25) is 0 Å². The summed E-state index contributed by atoms with van der Waals surface area (Å²) < 4.78 is 23.2. The van der Waals surface area contributed by atoms with Gasteiger partial charge >= 0.3 is 11.9 Å². The number of ether oxygens (including phenoxy) is 5. The van der Waals surface area contributed by atoms with Crippen molar-refractivity contribution in [1.82, 2.24) is 0 Å². The number of aryl methyl sites for hydroxylation is 2. The Bertz CT molecular complexity index is 844. The fraction of sp³-hybridized carbons (Fsp3) is 0.682. The molecule has 0 heterocycles. The topological polar surface area (TPSA) is 101 Å². The second kappa shape index (κ2) is 57.6. The predicted molar refractivity (Wildman–Crippen MR) is 226 cm³/mol. The van der Waals surface area contributed by atoms with Crippen molar-refractivity contribution in [3.63, 3.8) is 0 Å². The van der Waals surface area contributed by atoms with E-state index < -0.39 is 5.97 Å². The summed E-state index contributed by atoms with van der Waals surface area (Å²) in [4.78, 5) is 20.3. The third kappa shape index (κ3) is 65.6. The highest BCUT2D eigenvalue weighted by Gasteiger charge is 2.01. The van der Waals surface area contributed by atoms with Crippen LogP contribution in [0.15, 0.2) is 48.5 Å². The standard InChI is InChI=1S/C15H16.C6H10O4.C6H14O.C5H12O.C4H10O.C3H8O.C3H8.2CH4/c1-12-3-7-14(8-4-12)11-15-9-5-13(2)6-10-15;1-10-6(9)4-2-3-5(7)8;1-3-4-5-6-7-2;1-3-4-5-6-2;1-3-4-5-2;1-3-4-2;1-3-2;;/h3-10H,11H2,1-2H3;2-4H2,1H3,(H,7,8);3-6H2,1-2H3;3-5H2,1-2H3;3-4H2,1-2H3;3H2,1-2H3;3H2,1-2H3;2*1H4. The molecule has 0 bridgehead atoms. The van der Waals surface area contributed by atoms with E-state index in [1.165, 1.54) is 67.9 Å². The van der Waals surface area contributed by atoms with Crippen LogP contribution < -0.4 is 0 Å². The molecule has 0 saturated heterocycles. The molecule has 2 aromatic rings. The molecule has 52 heavy (non-hydrogen) atoms. The second-order valence-electron chi connectivity index (χ2n) is 11.3. The Balaban J connectivity index is -0.0000000969. The number of aliphatic carboxylic acids is 1. The first-order valence-corrected chi connectivity index (χ1v) is 18.3. The molecule has 310 valence electrons. The number of benzene rings is 2. The monoisotopic (exact) mass is 743 g/mol. The summed E-state index contributed by atoms with van der Waals surface area (Å²) in [5.41, 5.74) is 5.40. The highest BCUT2D eigenvalue weighted by molar-refractivity contribution is 5.71. The Morgan fingerprint density at radius 1 is 0.538 bits per heavy atom. The van der Waals surface area contributed by atoms with E-state index in [0.717, 1.165) is 39.3 Å². The highest BCUT2D eigenvalue weighted by Crippen LogP contribution is 2.11. The lowest BCUT2D eigenvalue weighted by Crippen LogP contribution is -2.02. The molecule has 1 N–H and O–H groups in total. The number of carboxylic acids is 1. The van der Waals surface area contributed by atoms with Gasteiger partial charge in [0.1, 0.15) is 0 Å². The first-order chi connectivity index (χ1) is 24.0. The number of hydrogen-bond acceptors (Lipinski definition) is 7. The summed E-state index contributed by atoms with van der Waals surface area (Å²) in [6, 6.07) is 17.5. The number of carboxylic acid groups (broad SMARTS) is 1. The molecule has 0 aliphatic carbocycles. The highest BCUT2D eigenvalue weighted by atomic mass is 16.5. The summed E-state index contributed by atoms with van der Waals surface area (Å²) >= 11 is 0. The van der Waals surface area contributed by atoms with Crippen LogP contribution >= 0.6 is 0 Å². The number of unbranched alkanes of at least 4 members (excludes halogenated alkanes) is 3. The van der Waals surface area contributed by atoms with Crippen LogP contribution in [-0.2, 0) is 39.7 Å². The SMILES string of the molecule is C.C.CCC.CCCCCOC.CCCCOC.CCCOC.CCOC.COC(=O)CCCC(=O)O.Cc1ccc(Cc2ccc(C)cc2)cc1. The smallest absolute Gasteiger partial charge is 0.305 e. The van der Waals surface area contributed by atoms with Crippen LogP contribution in [0.4, 0.5) is 0 Å². The van der Waals surface area contributed by atoms with Crippen LogP contribution in [0.5, 0.6) is 0 Å². The van der Waals surface area contributed by atoms with Gasteiger partial charge in [-0.3, -0.25) is 9.59 Å². The number of hydrogen-bond donors (Lipinski definition) is 1. The predicted octanol–water partition coefficient (Wildman–Crippen LogP) is 11.9. The molecule has 0 radical (unpaired) electrons. The van der Waals surface area contributed by atoms with Gasteiger partial charge in [-0.2, -0.15) is 0 Å². The average Bonchev–Trinajstić information content (AvgIpc) is 3.11. The second-order valence-corrected chi connectivity index (χ2v) is 11.3. The van der Waals surface area contributed by atoms with Crippen molar-refractivity contribution in [2.75, 3.05) is 62.0 Å². The molecular formula is C44H86O8. The number of esters is 1. The Labute approximate surface area is 323 Å². The molecule has 2 aromatic carbocycles. The van der Waals surface area contributed by atoms with Gasteiger partial charge in [0.05, 0.1) is 7.11 Å². The van der Waals surface area contributed by atoms with E-state index >= 15 is 0 Å². The van der Waals surface area contributed by atoms with Crippen LogP contribution in [0.2, 0.25) is 0 Å². The minimum atomic E-state index is -0.885. The van der Waals surface area contributed by atoms with Crippen molar-refractivity contribution in [1.29, 1.82) is 0 Å². The van der Waals surface area contributed by atoms with E-state index in [4.69, 9.17) is 19.3 Å². The Hall–Kier alpha value is -2.78.